The van der Waals surface area contributed by atoms with Crippen LogP contribution >= 0.6 is 11.8 Å². The van der Waals surface area contributed by atoms with E-state index in [9.17, 15) is 9.18 Å². The first kappa shape index (κ1) is 21.4. The van der Waals surface area contributed by atoms with Crippen LogP contribution in [0.5, 0.6) is 0 Å². The molecule has 0 unspecified atom stereocenters. The van der Waals surface area contributed by atoms with E-state index in [2.05, 4.69) is 25.7 Å². The third kappa shape index (κ3) is 7.67. The number of ether oxygens (including phenoxy) is 1. The summed E-state index contributed by atoms with van der Waals surface area (Å²) < 4.78 is 18.0. The third-order valence-corrected chi connectivity index (χ3v) is 5.41. The number of allylic oxidation sites excluding steroid dienone is 1. The van der Waals surface area contributed by atoms with Gasteiger partial charge in [-0.15, -0.1) is 11.8 Å². The van der Waals surface area contributed by atoms with Crippen LogP contribution in [0, 0.1) is 11.2 Å². The van der Waals surface area contributed by atoms with E-state index in [4.69, 9.17) is 9.84 Å². The van der Waals surface area contributed by atoms with E-state index in [-0.39, 0.29) is 11.2 Å². The number of carboxylic acid groups (broad SMARTS) is 1. The second kappa shape index (κ2) is 9.83. The summed E-state index contributed by atoms with van der Waals surface area (Å²) in [5, 5.41) is 9.90. The molecular formula is C21H28FNO3S. The summed E-state index contributed by atoms with van der Waals surface area (Å²) >= 11 is 1.62. The molecular weight excluding hydrogens is 365 g/mol. The Morgan fingerprint density at radius 3 is 2.63 bits per heavy atom. The molecule has 0 spiro atoms. The van der Waals surface area contributed by atoms with Gasteiger partial charge >= 0.3 is 6.16 Å². The number of hydrogen-bond donors (Lipinski definition) is 1. The second-order valence-electron chi connectivity index (χ2n) is 7.77. The predicted molar refractivity (Wildman–Crippen MR) is 108 cm³/mol. The number of aryl methyl sites for hydroxylation is 1. The Kier molecular flexibility index (Phi) is 7.78. The normalized spacial score (nSPS) is 14.6. The van der Waals surface area contributed by atoms with Crippen molar-refractivity contribution in [2.75, 3.05) is 18.8 Å². The van der Waals surface area contributed by atoms with Crippen molar-refractivity contribution in [3.8, 4) is 0 Å². The Hall–Kier alpha value is -1.95. The van der Waals surface area contributed by atoms with Gasteiger partial charge in [-0.2, -0.15) is 0 Å². The maximum absolute atomic E-state index is 13.0. The lowest BCUT2D eigenvalue weighted by molar-refractivity contribution is 0.119. The van der Waals surface area contributed by atoms with Gasteiger partial charge in [0.2, 0.25) is 0 Å². The second-order valence-corrected chi connectivity index (χ2v) is 8.86. The Morgan fingerprint density at radius 2 is 2.00 bits per heavy atom. The van der Waals surface area contributed by atoms with Gasteiger partial charge in [0.15, 0.2) is 5.76 Å². The highest BCUT2D eigenvalue weighted by Gasteiger charge is 2.22. The fourth-order valence-electron chi connectivity index (χ4n) is 2.69. The topological polar surface area (TPSA) is 49.8 Å². The molecule has 4 nitrogen and oxygen atoms in total. The number of carbonyl (C=O) groups is 1. The molecule has 0 bridgehead atoms. The molecule has 1 aliphatic heterocycles. The zero-order valence-corrected chi connectivity index (χ0v) is 17.0. The molecule has 148 valence electrons. The van der Waals surface area contributed by atoms with Crippen LogP contribution in [0.2, 0.25) is 0 Å². The zero-order valence-electron chi connectivity index (χ0n) is 16.2. The molecule has 0 aliphatic carbocycles. The van der Waals surface area contributed by atoms with Crippen molar-refractivity contribution in [2.45, 2.75) is 40.0 Å². The molecule has 0 atom stereocenters. The van der Waals surface area contributed by atoms with E-state index >= 15 is 0 Å². The van der Waals surface area contributed by atoms with Gasteiger partial charge in [-0.1, -0.05) is 39.0 Å². The van der Waals surface area contributed by atoms with Gasteiger partial charge in [0.05, 0.1) is 0 Å². The van der Waals surface area contributed by atoms with E-state index in [1.807, 2.05) is 6.08 Å². The third-order valence-electron chi connectivity index (χ3n) is 4.18. The smallest absolute Gasteiger partial charge is 0.449 e. The monoisotopic (exact) mass is 393 g/mol. The summed E-state index contributed by atoms with van der Waals surface area (Å²) in [6.07, 6.45) is 5.15. The summed E-state index contributed by atoms with van der Waals surface area (Å²) in [6.45, 7) is 8.19. The standard InChI is InChI=1S/C21H28FNO3S/c1-21(2,3)12-14-23-13-4-7-18(26-20(24)25)19(23)27-15-5-6-16-8-10-17(22)11-9-16/h4,7-11H,5-6,12-15H2,1-3H3,(H,24,25). The van der Waals surface area contributed by atoms with Crippen molar-refractivity contribution in [3.05, 3.63) is 58.6 Å². The van der Waals surface area contributed by atoms with E-state index in [1.165, 1.54) is 12.1 Å². The lowest BCUT2D eigenvalue weighted by Crippen LogP contribution is -2.29. The molecule has 6 heteroatoms. The largest absolute Gasteiger partial charge is 0.511 e. The molecule has 1 aromatic carbocycles. The molecule has 0 amide bonds. The quantitative estimate of drug-likeness (QED) is 0.456. The summed E-state index contributed by atoms with van der Waals surface area (Å²) in [5.74, 6) is 1.01. The first-order valence-corrected chi connectivity index (χ1v) is 10.2. The van der Waals surface area contributed by atoms with Gasteiger partial charge in [0.25, 0.3) is 0 Å². The number of nitrogens with zero attached hydrogens (tertiary/aromatic N) is 1. The minimum Gasteiger partial charge on any atom is -0.449 e. The molecule has 0 saturated carbocycles. The predicted octanol–water partition coefficient (Wildman–Crippen LogP) is 5.66. The Bertz CT molecular complexity index is 692. The van der Waals surface area contributed by atoms with Crippen molar-refractivity contribution in [1.82, 2.24) is 4.90 Å². The first-order valence-electron chi connectivity index (χ1n) is 9.18. The highest BCUT2D eigenvalue weighted by molar-refractivity contribution is 8.03. The van der Waals surface area contributed by atoms with Crippen LogP contribution in [0.25, 0.3) is 0 Å². The fraction of sp³-hybridized carbons (Fsp3) is 0.476. The summed E-state index contributed by atoms with van der Waals surface area (Å²) in [7, 11) is 0. The summed E-state index contributed by atoms with van der Waals surface area (Å²) in [5.41, 5.74) is 1.30. The molecule has 0 fully saturated rings. The lowest BCUT2D eigenvalue weighted by atomic mass is 9.92. The van der Waals surface area contributed by atoms with Crippen LogP contribution in [-0.2, 0) is 11.2 Å². The molecule has 0 aromatic heterocycles. The van der Waals surface area contributed by atoms with Gasteiger partial charge in [-0.25, -0.2) is 9.18 Å². The lowest BCUT2D eigenvalue weighted by Gasteiger charge is -2.32. The number of halogens is 1. The molecule has 1 aliphatic rings. The molecule has 1 aromatic rings. The number of rotatable bonds is 8. The SMILES string of the molecule is CC(C)(C)CCN1CC=CC(OC(=O)O)=C1SCCCc1ccc(F)cc1. The van der Waals surface area contributed by atoms with Crippen molar-refractivity contribution in [3.63, 3.8) is 0 Å². The highest BCUT2D eigenvalue weighted by atomic mass is 32.2. The molecule has 2 rings (SSSR count). The number of hydrogen-bond acceptors (Lipinski definition) is 4. The van der Waals surface area contributed by atoms with Crippen molar-refractivity contribution < 1.29 is 19.0 Å². The van der Waals surface area contributed by atoms with Gasteiger partial charge in [0.1, 0.15) is 10.8 Å². The highest BCUT2D eigenvalue weighted by Crippen LogP contribution is 2.31. The van der Waals surface area contributed by atoms with Crippen LogP contribution < -0.4 is 0 Å². The van der Waals surface area contributed by atoms with E-state index < -0.39 is 6.16 Å². The maximum Gasteiger partial charge on any atom is 0.511 e. The molecule has 27 heavy (non-hydrogen) atoms. The summed E-state index contributed by atoms with van der Waals surface area (Å²) in [6, 6.07) is 6.56. The van der Waals surface area contributed by atoms with E-state index in [1.54, 1.807) is 30.0 Å². The average molecular weight is 394 g/mol. The van der Waals surface area contributed by atoms with E-state index in [0.29, 0.717) is 5.76 Å². The first-order chi connectivity index (χ1) is 12.7. The minimum absolute atomic E-state index is 0.202. The molecule has 1 N–H and O–H groups in total. The van der Waals surface area contributed by atoms with E-state index in [0.717, 1.165) is 48.7 Å². The molecule has 0 saturated heterocycles. The maximum atomic E-state index is 13.0. The molecule has 0 radical (unpaired) electrons. The average Bonchev–Trinajstić information content (AvgIpc) is 2.58. The number of benzene rings is 1. The van der Waals surface area contributed by atoms with Gasteiger partial charge in [-0.05, 0) is 54.2 Å². The fourth-order valence-corrected chi connectivity index (χ4v) is 3.77. The Labute approximate surface area is 165 Å². The molecule has 1 heterocycles. The Balaban J connectivity index is 1.98. The van der Waals surface area contributed by atoms with Crippen LogP contribution in [0.3, 0.4) is 0 Å². The number of thioether (sulfide) groups is 1. The van der Waals surface area contributed by atoms with Gasteiger partial charge in [-0.3, -0.25) is 0 Å². The Morgan fingerprint density at radius 1 is 1.30 bits per heavy atom. The van der Waals surface area contributed by atoms with Gasteiger partial charge < -0.3 is 14.7 Å². The minimum atomic E-state index is -1.29. The van der Waals surface area contributed by atoms with Crippen LogP contribution in [0.4, 0.5) is 9.18 Å². The van der Waals surface area contributed by atoms with Crippen LogP contribution in [0.15, 0.2) is 47.2 Å². The van der Waals surface area contributed by atoms with Crippen molar-refractivity contribution >= 4 is 17.9 Å². The van der Waals surface area contributed by atoms with Crippen molar-refractivity contribution in [2.24, 2.45) is 5.41 Å². The van der Waals surface area contributed by atoms with Gasteiger partial charge in [0, 0.05) is 13.1 Å². The van der Waals surface area contributed by atoms with Crippen LogP contribution in [-0.4, -0.2) is 35.0 Å². The van der Waals surface area contributed by atoms with Crippen LogP contribution in [0.1, 0.15) is 39.2 Å². The zero-order chi connectivity index (χ0) is 19.9. The summed E-state index contributed by atoms with van der Waals surface area (Å²) in [4.78, 5) is 13.2. The van der Waals surface area contributed by atoms with Crippen molar-refractivity contribution in [1.29, 1.82) is 0 Å².